The van der Waals surface area contributed by atoms with E-state index in [9.17, 15) is 4.79 Å². The van der Waals surface area contributed by atoms with E-state index < -0.39 is 0 Å². The molecular formula is C24H32N2O. The highest BCUT2D eigenvalue weighted by atomic mass is 16.1. The van der Waals surface area contributed by atoms with Crippen LogP contribution < -0.4 is 5.32 Å². The molecule has 1 amide bonds. The number of carbonyl (C=O) groups is 1. The second-order valence-electron chi connectivity index (χ2n) is 8.13. The van der Waals surface area contributed by atoms with Gasteiger partial charge >= 0.3 is 0 Å². The maximum atomic E-state index is 12.7. The van der Waals surface area contributed by atoms with E-state index in [4.69, 9.17) is 0 Å². The van der Waals surface area contributed by atoms with Crippen LogP contribution in [-0.2, 0) is 11.3 Å². The highest BCUT2D eigenvalue weighted by Crippen LogP contribution is 2.23. The molecule has 0 aromatic heterocycles. The molecule has 144 valence electrons. The largest absolute Gasteiger partial charge is 0.349 e. The van der Waals surface area contributed by atoms with E-state index in [0.29, 0.717) is 0 Å². The fourth-order valence-electron chi connectivity index (χ4n) is 4.14. The number of nitrogens with one attached hydrogen (secondary N) is 1. The van der Waals surface area contributed by atoms with Crippen LogP contribution in [0.2, 0.25) is 0 Å². The van der Waals surface area contributed by atoms with Crippen molar-refractivity contribution < 1.29 is 4.79 Å². The van der Waals surface area contributed by atoms with Gasteiger partial charge < -0.3 is 5.32 Å². The predicted octanol–water partition coefficient (Wildman–Crippen LogP) is 4.70. The molecule has 1 aliphatic heterocycles. The van der Waals surface area contributed by atoms with E-state index in [2.05, 4.69) is 80.4 Å². The maximum Gasteiger partial charge on any atom is 0.223 e. The van der Waals surface area contributed by atoms with Crippen LogP contribution >= 0.6 is 0 Å². The molecule has 27 heavy (non-hydrogen) atoms. The Morgan fingerprint density at radius 2 is 1.78 bits per heavy atom. The molecule has 1 atom stereocenters. The molecule has 0 radical (unpaired) electrons. The number of hydrogen-bond acceptors (Lipinski definition) is 2. The normalized spacial score (nSPS) is 16.9. The molecule has 1 fully saturated rings. The Morgan fingerprint density at radius 1 is 1.07 bits per heavy atom. The molecule has 1 heterocycles. The molecule has 1 unspecified atom stereocenters. The lowest BCUT2D eigenvalue weighted by molar-refractivity contribution is -0.127. The van der Waals surface area contributed by atoms with Crippen molar-refractivity contribution in [1.29, 1.82) is 0 Å². The lowest BCUT2D eigenvalue weighted by atomic mass is 9.94. The number of carbonyl (C=O) groups excluding carboxylic acids is 1. The fraction of sp³-hybridized carbons (Fsp3) is 0.458. The quantitative estimate of drug-likeness (QED) is 0.834. The second-order valence-corrected chi connectivity index (χ2v) is 8.13. The molecule has 1 saturated heterocycles. The molecule has 1 aliphatic rings. The minimum Gasteiger partial charge on any atom is -0.349 e. The Labute approximate surface area is 163 Å². The topological polar surface area (TPSA) is 32.3 Å². The zero-order valence-corrected chi connectivity index (χ0v) is 17.1. The van der Waals surface area contributed by atoms with Crippen LogP contribution in [0.1, 0.15) is 53.6 Å². The van der Waals surface area contributed by atoms with Gasteiger partial charge in [0.1, 0.15) is 0 Å². The van der Waals surface area contributed by atoms with Crippen molar-refractivity contribution >= 4 is 5.91 Å². The van der Waals surface area contributed by atoms with Gasteiger partial charge in [0, 0.05) is 12.5 Å². The number of nitrogens with zero attached hydrogens (tertiary/aromatic N) is 1. The smallest absolute Gasteiger partial charge is 0.223 e. The van der Waals surface area contributed by atoms with Gasteiger partial charge in [-0.05, 0) is 70.3 Å². The van der Waals surface area contributed by atoms with Crippen molar-refractivity contribution in [2.24, 2.45) is 5.92 Å². The van der Waals surface area contributed by atoms with Crippen LogP contribution in [0.15, 0.2) is 42.5 Å². The molecule has 3 heteroatoms. The Kier molecular flexibility index (Phi) is 6.33. The average molecular weight is 365 g/mol. The molecule has 0 bridgehead atoms. The van der Waals surface area contributed by atoms with E-state index in [1.54, 1.807) is 0 Å². The summed E-state index contributed by atoms with van der Waals surface area (Å²) in [5.74, 6) is 0.338. The third kappa shape index (κ3) is 5.20. The number of benzene rings is 2. The van der Waals surface area contributed by atoms with Crippen LogP contribution in [-0.4, -0.2) is 23.9 Å². The predicted molar refractivity (Wildman–Crippen MR) is 112 cm³/mol. The van der Waals surface area contributed by atoms with Crippen LogP contribution in [0.3, 0.4) is 0 Å². The SMILES string of the molecule is Cc1cccc(CN2CCC(C(=O)NC(C)c3ccc(C)cc3C)CC2)c1. The van der Waals surface area contributed by atoms with Crippen LogP contribution in [0.4, 0.5) is 0 Å². The van der Waals surface area contributed by atoms with Gasteiger partial charge in [0.25, 0.3) is 0 Å². The Hall–Kier alpha value is -2.13. The summed E-state index contributed by atoms with van der Waals surface area (Å²) in [7, 11) is 0. The van der Waals surface area contributed by atoms with Crippen molar-refractivity contribution in [2.75, 3.05) is 13.1 Å². The average Bonchev–Trinajstić information content (AvgIpc) is 2.62. The lowest BCUT2D eigenvalue weighted by Gasteiger charge is -2.32. The molecule has 3 rings (SSSR count). The van der Waals surface area contributed by atoms with E-state index >= 15 is 0 Å². The van der Waals surface area contributed by atoms with Crippen molar-refractivity contribution in [3.63, 3.8) is 0 Å². The van der Waals surface area contributed by atoms with Crippen molar-refractivity contribution in [2.45, 2.75) is 53.1 Å². The maximum absolute atomic E-state index is 12.7. The summed E-state index contributed by atoms with van der Waals surface area (Å²) in [6, 6.07) is 15.2. The Morgan fingerprint density at radius 3 is 2.44 bits per heavy atom. The third-order valence-corrected chi connectivity index (χ3v) is 5.70. The number of likely N-dealkylation sites (tertiary alicyclic amines) is 1. The molecule has 2 aromatic rings. The van der Waals surface area contributed by atoms with Gasteiger partial charge in [0.15, 0.2) is 0 Å². The van der Waals surface area contributed by atoms with E-state index in [1.807, 2.05) is 0 Å². The second kappa shape index (κ2) is 8.71. The third-order valence-electron chi connectivity index (χ3n) is 5.70. The van der Waals surface area contributed by atoms with Gasteiger partial charge in [0.2, 0.25) is 5.91 Å². The molecular weight excluding hydrogens is 332 g/mol. The lowest BCUT2D eigenvalue weighted by Crippen LogP contribution is -2.41. The van der Waals surface area contributed by atoms with E-state index in [0.717, 1.165) is 32.5 Å². The van der Waals surface area contributed by atoms with Gasteiger partial charge in [-0.15, -0.1) is 0 Å². The summed E-state index contributed by atoms with van der Waals surface area (Å²) in [6.07, 6.45) is 1.88. The molecule has 0 saturated carbocycles. The monoisotopic (exact) mass is 364 g/mol. The highest BCUT2D eigenvalue weighted by Gasteiger charge is 2.26. The number of rotatable bonds is 5. The highest BCUT2D eigenvalue weighted by molar-refractivity contribution is 5.79. The van der Waals surface area contributed by atoms with Gasteiger partial charge in [-0.3, -0.25) is 9.69 Å². The minimum absolute atomic E-state index is 0.0587. The zero-order chi connectivity index (χ0) is 19.4. The number of piperidine rings is 1. The van der Waals surface area contributed by atoms with E-state index in [-0.39, 0.29) is 17.9 Å². The first-order valence-corrected chi connectivity index (χ1v) is 10.1. The van der Waals surface area contributed by atoms with Crippen LogP contribution in [0.5, 0.6) is 0 Å². The molecule has 0 spiro atoms. The summed E-state index contributed by atoms with van der Waals surface area (Å²) in [6.45, 7) is 11.4. The first-order chi connectivity index (χ1) is 12.9. The van der Waals surface area contributed by atoms with Crippen LogP contribution in [0.25, 0.3) is 0 Å². The molecule has 2 aromatic carbocycles. The molecule has 3 nitrogen and oxygen atoms in total. The molecule has 1 N–H and O–H groups in total. The molecule has 0 aliphatic carbocycles. The van der Waals surface area contributed by atoms with Crippen molar-refractivity contribution in [3.8, 4) is 0 Å². The van der Waals surface area contributed by atoms with Crippen molar-refractivity contribution in [1.82, 2.24) is 10.2 Å². The standard InChI is InChI=1S/C24H32N2O/c1-17-6-5-7-21(15-17)16-26-12-10-22(11-13-26)24(27)25-20(4)23-9-8-18(2)14-19(23)3/h5-9,14-15,20,22H,10-13,16H2,1-4H3,(H,25,27). The number of hydrogen-bond donors (Lipinski definition) is 1. The van der Waals surface area contributed by atoms with Crippen LogP contribution in [0, 0.1) is 26.7 Å². The van der Waals surface area contributed by atoms with E-state index in [1.165, 1.54) is 27.8 Å². The number of aryl methyl sites for hydroxylation is 3. The van der Waals surface area contributed by atoms with Gasteiger partial charge in [-0.1, -0.05) is 53.6 Å². The van der Waals surface area contributed by atoms with Gasteiger partial charge in [-0.2, -0.15) is 0 Å². The first-order valence-electron chi connectivity index (χ1n) is 10.1. The fourth-order valence-corrected chi connectivity index (χ4v) is 4.14. The minimum atomic E-state index is 0.0587. The van der Waals surface area contributed by atoms with Gasteiger partial charge in [0.05, 0.1) is 6.04 Å². The first kappa shape index (κ1) is 19.6. The van der Waals surface area contributed by atoms with Crippen molar-refractivity contribution in [3.05, 3.63) is 70.3 Å². The van der Waals surface area contributed by atoms with Gasteiger partial charge in [-0.25, -0.2) is 0 Å². The Bertz CT molecular complexity index is 791. The summed E-state index contributed by atoms with van der Waals surface area (Å²) in [4.78, 5) is 15.2. The zero-order valence-electron chi connectivity index (χ0n) is 17.1. The summed E-state index contributed by atoms with van der Waals surface area (Å²) in [5, 5.41) is 3.24. The summed E-state index contributed by atoms with van der Waals surface area (Å²) < 4.78 is 0. The summed E-state index contributed by atoms with van der Waals surface area (Å²) >= 11 is 0. The number of amides is 1. The summed E-state index contributed by atoms with van der Waals surface area (Å²) in [5.41, 5.74) is 6.39. The Balaban J connectivity index is 1.50.